The average Bonchev–Trinajstić information content (AvgIpc) is 3.40. The smallest absolute Gasteiger partial charge is 0.416 e. The number of anilines is 1. The third-order valence-electron chi connectivity index (χ3n) is 6.63. The number of carbonyl (C=O) groups excluding carboxylic acids is 1. The second kappa shape index (κ2) is 11.7. The van der Waals surface area contributed by atoms with E-state index in [0.29, 0.717) is 36.4 Å². The van der Waals surface area contributed by atoms with Crippen molar-refractivity contribution in [1.29, 1.82) is 0 Å². The molecule has 4 rings (SSSR count). The van der Waals surface area contributed by atoms with E-state index in [9.17, 15) is 31.5 Å². The minimum absolute atomic E-state index is 0.0211. The second-order valence-corrected chi connectivity index (χ2v) is 11.5. The van der Waals surface area contributed by atoms with Crippen LogP contribution in [0.2, 0.25) is 0 Å². The molecule has 1 heterocycles. The highest BCUT2D eigenvalue weighted by molar-refractivity contribution is 7.91. The number of aliphatic hydroxyl groups excluding tert-OH is 1. The Bertz CT molecular complexity index is 1380. The molecule has 1 aliphatic heterocycles. The first-order valence-corrected chi connectivity index (χ1v) is 14.1. The van der Waals surface area contributed by atoms with E-state index < -0.39 is 33.5 Å². The fourth-order valence-electron chi connectivity index (χ4n) is 4.35. The normalized spacial score (nSPS) is 16.6. The molecule has 0 radical (unpaired) electrons. The molecule has 7 nitrogen and oxygen atoms in total. The molecule has 3 aromatic rings. The minimum atomic E-state index is -4.39. The highest BCUT2D eigenvalue weighted by Gasteiger charge is 2.30. The molecule has 1 aliphatic rings. The van der Waals surface area contributed by atoms with Crippen molar-refractivity contribution >= 4 is 21.4 Å². The number of amides is 1. The highest BCUT2D eigenvalue weighted by Crippen LogP contribution is 2.31. The Hall–Kier alpha value is -3.57. The van der Waals surface area contributed by atoms with Gasteiger partial charge in [-0.1, -0.05) is 19.1 Å². The largest absolute Gasteiger partial charge is 0.489 e. The lowest BCUT2D eigenvalue weighted by atomic mass is 10.1. The van der Waals surface area contributed by atoms with Crippen LogP contribution in [0.25, 0.3) is 0 Å². The SMILES string of the molecule is CCS(=O)(=O)c1ccc([C@H](CO)NC(=O)c2ccc(N3CC[C@H](Oc4ccc(C(F)(F)F)cc4)C3)cc2)cc1. The van der Waals surface area contributed by atoms with Crippen molar-refractivity contribution in [3.05, 3.63) is 89.5 Å². The van der Waals surface area contributed by atoms with Gasteiger partial charge in [0.05, 0.1) is 35.4 Å². The molecule has 0 bridgehead atoms. The highest BCUT2D eigenvalue weighted by atomic mass is 32.2. The number of ether oxygens (including phenoxy) is 1. The second-order valence-electron chi connectivity index (χ2n) is 9.22. The zero-order chi connectivity index (χ0) is 28.2. The zero-order valence-electron chi connectivity index (χ0n) is 21.2. The van der Waals surface area contributed by atoms with Crippen molar-refractivity contribution in [2.45, 2.75) is 36.6 Å². The van der Waals surface area contributed by atoms with Gasteiger partial charge in [-0.05, 0) is 66.2 Å². The fourth-order valence-corrected chi connectivity index (χ4v) is 5.23. The average molecular weight is 563 g/mol. The molecular formula is C28H29F3N2O5S. The molecule has 39 heavy (non-hydrogen) atoms. The van der Waals surface area contributed by atoms with Gasteiger partial charge in [0, 0.05) is 24.2 Å². The fraction of sp³-hybridized carbons (Fsp3) is 0.321. The third kappa shape index (κ3) is 6.90. The van der Waals surface area contributed by atoms with E-state index in [0.717, 1.165) is 17.8 Å². The van der Waals surface area contributed by atoms with Crippen LogP contribution in [0.1, 0.15) is 40.9 Å². The number of halogens is 3. The summed E-state index contributed by atoms with van der Waals surface area (Å²) in [6.07, 6.45) is -3.88. The predicted molar refractivity (Wildman–Crippen MR) is 141 cm³/mol. The first-order valence-electron chi connectivity index (χ1n) is 12.4. The van der Waals surface area contributed by atoms with Gasteiger partial charge in [0.1, 0.15) is 11.9 Å². The van der Waals surface area contributed by atoms with E-state index in [4.69, 9.17) is 4.74 Å². The van der Waals surface area contributed by atoms with Crippen LogP contribution in [0, 0.1) is 0 Å². The summed E-state index contributed by atoms with van der Waals surface area (Å²) in [5.41, 5.74) is 1.11. The van der Waals surface area contributed by atoms with Crippen molar-refractivity contribution in [2.75, 3.05) is 30.3 Å². The maximum atomic E-state index is 12.8. The van der Waals surface area contributed by atoms with E-state index in [1.54, 1.807) is 43.3 Å². The lowest BCUT2D eigenvalue weighted by Crippen LogP contribution is -2.31. The van der Waals surface area contributed by atoms with Crippen LogP contribution in [0.3, 0.4) is 0 Å². The van der Waals surface area contributed by atoms with E-state index in [-0.39, 0.29) is 23.4 Å². The van der Waals surface area contributed by atoms with Crippen LogP contribution >= 0.6 is 0 Å². The van der Waals surface area contributed by atoms with Crippen LogP contribution in [-0.2, 0) is 16.0 Å². The Morgan fingerprint density at radius 2 is 1.69 bits per heavy atom. The Morgan fingerprint density at radius 3 is 2.26 bits per heavy atom. The molecule has 1 fully saturated rings. The number of hydrogen-bond donors (Lipinski definition) is 2. The van der Waals surface area contributed by atoms with Crippen LogP contribution in [-0.4, -0.2) is 51.0 Å². The Kier molecular flexibility index (Phi) is 8.51. The van der Waals surface area contributed by atoms with Crippen molar-refractivity contribution in [1.82, 2.24) is 5.32 Å². The van der Waals surface area contributed by atoms with Crippen LogP contribution in [0.5, 0.6) is 5.75 Å². The molecule has 3 aromatic carbocycles. The van der Waals surface area contributed by atoms with Gasteiger partial charge >= 0.3 is 6.18 Å². The predicted octanol–water partition coefficient (Wildman–Crippen LogP) is 4.62. The lowest BCUT2D eigenvalue weighted by Gasteiger charge is -2.20. The number of aliphatic hydroxyl groups is 1. The number of benzene rings is 3. The monoisotopic (exact) mass is 562 g/mol. The summed E-state index contributed by atoms with van der Waals surface area (Å²) in [6, 6.07) is 16.9. The van der Waals surface area contributed by atoms with Gasteiger partial charge in [-0.3, -0.25) is 4.79 Å². The van der Waals surface area contributed by atoms with Gasteiger partial charge in [0.25, 0.3) is 5.91 Å². The quantitative estimate of drug-likeness (QED) is 0.395. The molecule has 1 amide bonds. The first-order chi connectivity index (χ1) is 18.5. The van der Waals surface area contributed by atoms with Crippen molar-refractivity contribution in [2.24, 2.45) is 0 Å². The summed E-state index contributed by atoms with van der Waals surface area (Å²) in [5.74, 6) is -0.0371. The first kappa shape index (κ1) is 28.4. The number of sulfone groups is 1. The van der Waals surface area contributed by atoms with Crippen molar-refractivity contribution < 1.29 is 36.2 Å². The summed E-state index contributed by atoms with van der Waals surface area (Å²) in [7, 11) is -3.35. The summed E-state index contributed by atoms with van der Waals surface area (Å²) < 4.78 is 68.2. The minimum Gasteiger partial charge on any atom is -0.489 e. The summed E-state index contributed by atoms with van der Waals surface area (Å²) in [4.78, 5) is 15.1. The number of hydrogen-bond acceptors (Lipinski definition) is 6. The molecule has 0 unspecified atom stereocenters. The van der Waals surface area contributed by atoms with Gasteiger partial charge < -0.3 is 20.1 Å². The molecular weight excluding hydrogens is 533 g/mol. The molecule has 208 valence electrons. The molecule has 2 atom stereocenters. The van der Waals surface area contributed by atoms with E-state index in [2.05, 4.69) is 10.2 Å². The number of alkyl halides is 3. The lowest BCUT2D eigenvalue weighted by molar-refractivity contribution is -0.137. The number of nitrogens with zero attached hydrogens (tertiary/aromatic N) is 1. The number of nitrogens with one attached hydrogen (secondary N) is 1. The van der Waals surface area contributed by atoms with Gasteiger partial charge in [0.2, 0.25) is 0 Å². The maximum absolute atomic E-state index is 12.8. The zero-order valence-corrected chi connectivity index (χ0v) is 22.0. The Morgan fingerprint density at radius 1 is 1.05 bits per heavy atom. The molecule has 0 aliphatic carbocycles. The van der Waals surface area contributed by atoms with Gasteiger partial charge in [-0.25, -0.2) is 8.42 Å². The Balaban J connectivity index is 1.34. The maximum Gasteiger partial charge on any atom is 0.416 e. The Labute approximate surface area is 225 Å². The van der Waals surface area contributed by atoms with Gasteiger partial charge in [-0.15, -0.1) is 0 Å². The van der Waals surface area contributed by atoms with Crippen molar-refractivity contribution in [3.63, 3.8) is 0 Å². The summed E-state index contributed by atoms with van der Waals surface area (Å²) in [5, 5.41) is 12.6. The van der Waals surface area contributed by atoms with E-state index in [1.165, 1.54) is 24.3 Å². The number of carbonyl (C=O) groups is 1. The molecule has 2 N–H and O–H groups in total. The molecule has 0 spiro atoms. The van der Waals surface area contributed by atoms with Gasteiger partial charge in [-0.2, -0.15) is 13.2 Å². The standard InChI is InChI=1S/C28H29F3N2O5S/c1-2-39(36,37)25-13-5-19(6-14-25)26(18-34)32-27(35)20-3-9-22(10-4-20)33-16-15-24(17-33)38-23-11-7-21(8-12-23)28(29,30)31/h3-14,24,26,34H,2,15-18H2,1H3,(H,32,35)/t24-,26-/m0/s1. The number of rotatable bonds is 9. The van der Waals surface area contributed by atoms with E-state index >= 15 is 0 Å². The molecule has 1 saturated heterocycles. The molecule has 0 saturated carbocycles. The van der Waals surface area contributed by atoms with E-state index in [1.807, 2.05) is 0 Å². The summed E-state index contributed by atoms with van der Waals surface area (Å²) >= 11 is 0. The van der Waals surface area contributed by atoms with Crippen LogP contribution in [0.15, 0.2) is 77.7 Å². The van der Waals surface area contributed by atoms with Crippen LogP contribution < -0.4 is 15.0 Å². The molecule has 0 aromatic heterocycles. The molecule has 11 heteroatoms. The topological polar surface area (TPSA) is 95.9 Å². The third-order valence-corrected chi connectivity index (χ3v) is 8.38. The van der Waals surface area contributed by atoms with Gasteiger partial charge in [0.15, 0.2) is 9.84 Å². The van der Waals surface area contributed by atoms with Crippen LogP contribution in [0.4, 0.5) is 18.9 Å². The van der Waals surface area contributed by atoms with Crippen molar-refractivity contribution in [3.8, 4) is 5.75 Å². The summed E-state index contributed by atoms with van der Waals surface area (Å²) in [6.45, 7) is 2.43.